The van der Waals surface area contributed by atoms with E-state index in [4.69, 9.17) is 0 Å². The predicted octanol–water partition coefficient (Wildman–Crippen LogP) is 8.77. The van der Waals surface area contributed by atoms with Crippen molar-refractivity contribution < 1.29 is 9.59 Å². The molecule has 9 rings (SSSR count). The molecule has 5 aromatic rings. The lowest BCUT2D eigenvalue weighted by atomic mass is 9.77. The van der Waals surface area contributed by atoms with Crippen molar-refractivity contribution in [3.63, 3.8) is 0 Å². The molecule has 5 heterocycles. The minimum absolute atomic E-state index is 0.0448. The molecule has 10 heteroatoms. The van der Waals surface area contributed by atoms with E-state index in [9.17, 15) is 14.4 Å². The molecule has 3 aliphatic carbocycles. The van der Waals surface area contributed by atoms with Gasteiger partial charge in [0.25, 0.3) is 0 Å². The van der Waals surface area contributed by atoms with E-state index in [0.29, 0.717) is 54.4 Å². The van der Waals surface area contributed by atoms with Gasteiger partial charge in [0.2, 0.25) is 0 Å². The van der Waals surface area contributed by atoms with Gasteiger partial charge >= 0.3 is 5.69 Å². The van der Waals surface area contributed by atoms with E-state index in [2.05, 4.69) is 67.7 Å². The molecule has 0 amide bonds. The Morgan fingerprint density at radius 2 is 1.86 bits per heavy atom. The van der Waals surface area contributed by atoms with E-state index in [1.165, 1.54) is 36.8 Å². The average molecular weight is 768 g/mol. The average Bonchev–Trinajstić information content (AvgIpc) is 3.62. The van der Waals surface area contributed by atoms with Gasteiger partial charge in [-0.25, -0.2) is 9.78 Å². The molecule has 1 aromatic carbocycles. The van der Waals surface area contributed by atoms with Crippen molar-refractivity contribution in [1.29, 1.82) is 0 Å². The van der Waals surface area contributed by atoms with Crippen molar-refractivity contribution in [2.24, 2.45) is 23.2 Å². The summed E-state index contributed by atoms with van der Waals surface area (Å²) in [5.74, 6) is 1.26. The molecule has 4 fully saturated rings. The lowest BCUT2D eigenvalue weighted by Gasteiger charge is -2.28. The lowest BCUT2D eigenvalue weighted by molar-refractivity contribution is -0.124. The molecule has 4 aromatic heterocycles. The van der Waals surface area contributed by atoms with E-state index in [1.54, 1.807) is 11.8 Å². The number of fused-ring (bicyclic) bond motifs is 2. The molecule has 1 aliphatic heterocycles. The minimum Gasteiger partial charge on any atom is -0.301 e. The number of hydrogen-bond donors (Lipinski definition) is 3. The third-order valence-electron chi connectivity index (χ3n) is 14.3. The van der Waals surface area contributed by atoms with Crippen molar-refractivity contribution in [3.05, 3.63) is 93.9 Å². The van der Waals surface area contributed by atoms with Crippen LogP contribution < -0.4 is 11.0 Å². The summed E-state index contributed by atoms with van der Waals surface area (Å²) in [7, 11) is 0. The van der Waals surface area contributed by atoms with E-state index in [0.717, 1.165) is 79.8 Å². The summed E-state index contributed by atoms with van der Waals surface area (Å²) < 4.78 is 1.88. The van der Waals surface area contributed by atoms with Crippen LogP contribution in [0.3, 0.4) is 0 Å². The van der Waals surface area contributed by atoms with Gasteiger partial charge in [-0.3, -0.25) is 29.2 Å². The first-order valence-electron chi connectivity index (χ1n) is 21.7. The largest absolute Gasteiger partial charge is 0.327 e. The number of nitrogens with one attached hydrogen (secondary N) is 3. The second kappa shape index (κ2) is 16.3. The van der Waals surface area contributed by atoms with Crippen molar-refractivity contribution >= 4 is 39.7 Å². The summed E-state index contributed by atoms with van der Waals surface area (Å²) >= 11 is 0. The Hall–Kier alpha value is -4.70. The highest BCUT2D eigenvalue weighted by atomic mass is 16.1. The summed E-state index contributed by atoms with van der Waals surface area (Å²) in [5.41, 5.74) is 7.89. The van der Waals surface area contributed by atoms with Crippen LogP contribution in [0.5, 0.6) is 0 Å². The molecule has 0 radical (unpaired) electrons. The van der Waals surface area contributed by atoms with Crippen LogP contribution in [0.25, 0.3) is 28.1 Å². The first kappa shape index (κ1) is 37.9. The van der Waals surface area contributed by atoms with Gasteiger partial charge in [-0.2, -0.15) is 5.10 Å². The number of hydrogen-bond acceptors (Lipinski definition) is 7. The highest BCUT2D eigenvalue weighted by Crippen LogP contribution is 2.52. The Kier molecular flexibility index (Phi) is 10.8. The summed E-state index contributed by atoms with van der Waals surface area (Å²) in [6.07, 6.45) is 26.5. The molecule has 1 spiro atoms. The topological polar surface area (TPSA) is 148 Å². The number of aryl methyl sites for hydroxylation is 1. The second-order valence-corrected chi connectivity index (χ2v) is 18.2. The second-order valence-electron chi connectivity index (χ2n) is 18.2. The number of H-pyrrole nitrogens is 2. The fourth-order valence-electron chi connectivity index (χ4n) is 11.2. The number of carbonyl (C=O) groups is 2. The van der Waals surface area contributed by atoms with Gasteiger partial charge in [0.15, 0.2) is 11.4 Å². The number of imidazole rings is 1. The zero-order valence-electron chi connectivity index (χ0n) is 33.3. The van der Waals surface area contributed by atoms with Gasteiger partial charge in [0.1, 0.15) is 5.78 Å². The minimum atomic E-state index is -0.171. The highest BCUT2D eigenvalue weighted by Gasteiger charge is 2.45. The fourth-order valence-corrected chi connectivity index (χ4v) is 11.2. The third kappa shape index (κ3) is 8.47. The Balaban J connectivity index is 0.829. The first-order valence-corrected chi connectivity index (χ1v) is 21.7. The third-order valence-corrected chi connectivity index (χ3v) is 14.3. The van der Waals surface area contributed by atoms with Crippen LogP contribution in [-0.4, -0.2) is 53.4 Å². The number of aromatic nitrogens is 6. The number of allylic oxidation sites excluding steroid dienone is 1. The molecule has 10 nitrogen and oxygen atoms in total. The SMILES string of the molecule is Cc1cc(C[C@@H](CC2NC2C(=O)CC2CCCC(n3c(=O)[nH]c4ncccc43)CC2)C(=O)CC2CCC3(CCC/C(=C/c4ccncc4)CC3)C2)cc2cn[nH]c12. The number of Topliss-reactive ketones (excluding diaryl/α,β-unsaturated/α-hetero) is 2. The smallest absolute Gasteiger partial charge is 0.301 e. The molecular formula is C47H57N7O3. The van der Waals surface area contributed by atoms with E-state index in [1.807, 2.05) is 35.3 Å². The molecule has 57 heavy (non-hydrogen) atoms. The Bertz CT molecular complexity index is 2320. The maximum absolute atomic E-state index is 14.4. The maximum atomic E-state index is 14.4. The number of nitrogens with zero attached hydrogens (tertiary/aromatic N) is 4. The Morgan fingerprint density at radius 1 is 0.965 bits per heavy atom. The number of carbonyl (C=O) groups excluding carboxylic acids is 2. The van der Waals surface area contributed by atoms with E-state index >= 15 is 0 Å². The van der Waals surface area contributed by atoms with Gasteiger partial charge in [0, 0.05) is 54.8 Å². The van der Waals surface area contributed by atoms with Crippen LogP contribution in [0, 0.1) is 30.1 Å². The Morgan fingerprint density at radius 3 is 2.75 bits per heavy atom. The van der Waals surface area contributed by atoms with Crippen LogP contribution >= 0.6 is 0 Å². The number of ketones is 2. The normalized spacial score (nSPS) is 27.8. The van der Waals surface area contributed by atoms with Crippen LogP contribution in [0.1, 0.15) is 125 Å². The highest BCUT2D eigenvalue weighted by molar-refractivity contribution is 5.88. The van der Waals surface area contributed by atoms with Gasteiger partial charge < -0.3 is 5.32 Å². The van der Waals surface area contributed by atoms with Crippen molar-refractivity contribution in [3.8, 4) is 0 Å². The zero-order chi connectivity index (χ0) is 38.9. The van der Waals surface area contributed by atoms with Crippen LogP contribution in [0.4, 0.5) is 0 Å². The van der Waals surface area contributed by atoms with Gasteiger partial charge in [0.05, 0.1) is 23.3 Å². The standard InChI is InChI=1S/C47H57N7O3/c1-30-21-35(24-37-29-50-53-43(30)37)23-36(41(55)26-34-12-17-47(28-34)15-3-6-32(11-16-47)22-33-13-19-48-20-14-33)27-39-44(51-39)42(56)25-31-5-2-7-38(10-9-31)54-40-8-4-18-49-45(40)52-46(54)57/h4,8,13-14,18-22,24,29,31,34,36,38-39,44,51H,2-3,5-7,9-12,15-17,23,25-28H2,1H3,(H,50,53)(H,49,52,57)/b32-22-/t31?,34?,36-,38?,39?,44?,47?/m0/s1. The Labute approximate surface area is 334 Å². The van der Waals surface area contributed by atoms with Crippen LogP contribution in [0.2, 0.25) is 0 Å². The van der Waals surface area contributed by atoms with Gasteiger partial charge in [-0.15, -0.1) is 0 Å². The summed E-state index contributed by atoms with van der Waals surface area (Å²) in [4.78, 5) is 52.5. The number of benzene rings is 1. The van der Waals surface area contributed by atoms with Crippen LogP contribution in [0.15, 0.2) is 71.6 Å². The fraction of sp³-hybridized carbons (Fsp3) is 0.532. The molecule has 3 saturated carbocycles. The van der Waals surface area contributed by atoms with E-state index < -0.39 is 0 Å². The van der Waals surface area contributed by atoms with Gasteiger partial charge in [-0.1, -0.05) is 24.1 Å². The number of rotatable bonds is 12. The summed E-state index contributed by atoms with van der Waals surface area (Å²) in [6.45, 7) is 2.10. The lowest BCUT2D eigenvalue weighted by Crippen LogP contribution is -2.24. The molecule has 3 N–H and O–H groups in total. The monoisotopic (exact) mass is 767 g/mol. The van der Waals surface area contributed by atoms with Gasteiger partial charge in [-0.05, 0) is 161 Å². The predicted molar refractivity (Wildman–Crippen MR) is 224 cm³/mol. The maximum Gasteiger partial charge on any atom is 0.327 e. The van der Waals surface area contributed by atoms with Crippen LogP contribution in [-0.2, 0) is 16.0 Å². The molecule has 7 atom stereocenters. The van der Waals surface area contributed by atoms with Crippen molar-refractivity contribution in [2.45, 2.75) is 134 Å². The molecule has 4 aliphatic rings. The molecular weight excluding hydrogens is 711 g/mol. The number of aromatic amines is 2. The van der Waals surface area contributed by atoms with E-state index in [-0.39, 0.29) is 35.5 Å². The molecule has 1 saturated heterocycles. The first-order chi connectivity index (χ1) is 27.8. The quantitative estimate of drug-likeness (QED) is 0.0849. The summed E-state index contributed by atoms with van der Waals surface area (Å²) in [6, 6.07) is 12.4. The van der Waals surface area contributed by atoms with Crippen molar-refractivity contribution in [2.75, 3.05) is 0 Å². The molecule has 298 valence electrons. The zero-order valence-corrected chi connectivity index (χ0v) is 33.3. The number of pyridine rings is 2. The van der Waals surface area contributed by atoms with Crippen molar-refractivity contribution in [1.82, 2.24) is 35.0 Å². The molecule has 6 unspecified atom stereocenters. The summed E-state index contributed by atoms with van der Waals surface area (Å²) in [5, 5.41) is 12.0. The molecule has 0 bridgehead atoms.